The second kappa shape index (κ2) is 12.0. The lowest BCUT2D eigenvalue weighted by Gasteiger charge is -2.27. The predicted octanol–water partition coefficient (Wildman–Crippen LogP) is 13.7. The van der Waals surface area contributed by atoms with Gasteiger partial charge in [0.2, 0.25) is 0 Å². The average molecular weight is 630 g/mol. The Balaban J connectivity index is 1.15. The van der Waals surface area contributed by atoms with Gasteiger partial charge in [0.05, 0.1) is 5.69 Å². The van der Waals surface area contributed by atoms with E-state index in [4.69, 9.17) is 0 Å². The van der Waals surface area contributed by atoms with E-state index >= 15 is 0 Å². The number of thiophene rings is 1. The zero-order valence-electron chi connectivity index (χ0n) is 26.3. The van der Waals surface area contributed by atoms with Crippen LogP contribution >= 0.6 is 11.3 Å². The van der Waals surface area contributed by atoms with Gasteiger partial charge in [-0.25, -0.2) is 0 Å². The molecule has 0 radical (unpaired) electrons. The lowest BCUT2D eigenvalue weighted by Crippen LogP contribution is -2.10. The Morgan fingerprint density at radius 3 is 1.69 bits per heavy atom. The molecule has 0 saturated carbocycles. The Morgan fingerprint density at radius 1 is 0.354 bits per heavy atom. The Hall–Kier alpha value is -5.96. The van der Waals surface area contributed by atoms with Crippen LogP contribution in [0.2, 0.25) is 0 Å². The summed E-state index contributed by atoms with van der Waals surface area (Å²) in [7, 11) is 0. The van der Waals surface area contributed by atoms with Crippen molar-refractivity contribution in [3.05, 3.63) is 188 Å². The van der Waals surface area contributed by atoms with Gasteiger partial charge in [0.1, 0.15) is 0 Å². The molecule has 1 heterocycles. The monoisotopic (exact) mass is 629 g/mol. The van der Waals surface area contributed by atoms with Gasteiger partial charge in [-0.1, -0.05) is 140 Å². The van der Waals surface area contributed by atoms with E-state index in [1.807, 2.05) is 11.3 Å². The van der Waals surface area contributed by atoms with E-state index in [0.29, 0.717) is 0 Å². The topological polar surface area (TPSA) is 3.24 Å². The number of rotatable bonds is 6. The van der Waals surface area contributed by atoms with Crippen molar-refractivity contribution in [2.45, 2.75) is 0 Å². The van der Waals surface area contributed by atoms with Crippen molar-refractivity contribution in [1.29, 1.82) is 0 Å². The van der Waals surface area contributed by atoms with Gasteiger partial charge in [0, 0.05) is 31.5 Å². The second-order valence-corrected chi connectivity index (χ2v) is 13.2. The molecular formula is C46H31NS. The molecule has 0 amide bonds. The van der Waals surface area contributed by atoms with Crippen molar-refractivity contribution in [2.75, 3.05) is 4.90 Å². The van der Waals surface area contributed by atoms with E-state index < -0.39 is 0 Å². The minimum Gasteiger partial charge on any atom is -0.310 e. The first-order chi connectivity index (χ1) is 23.8. The van der Waals surface area contributed by atoms with E-state index in [2.05, 4.69) is 193 Å². The van der Waals surface area contributed by atoms with E-state index in [-0.39, 0.29) is 0 Å². The summed E-state index contributed by atoms with van der Waals surface area (Å²) in [5.74, 6) is 0. The number of hydrogen-bond acceptors (Lipinski definition) is 2. The first-order valence-corrected chi connectivity index (χ1v) is 17.2. The minimum absolute atomic E-state index is 1.12. The minimum atomic E-state index is 1.12. The molecule has 0 aliphatic rings. The maximum atomic E-state index is 2.41. The van der Waals surface area contributed by atoms with Crippen molar-refractivity contribution < 1.29 is 0 Å². The van der Waals surface area contributed by atoms with E-state index in [1.54, 1.807) is 0 Å². The molecule has 0 aliphatic heterocycles. The molecule has 0 atom stereocenters. The van der Waals surface area contributed by atoms with Gasteiger partial charge >= 0.3 is 0 Å². The summed E-state index contributed by atoms with van der Waals surface area (Å²) in [5, 5.41) is 5.12. The molecule has 0 aliphatic carbocycles. The van der Waals surface area contributed by atoms with E-state index in [9.17, 15) is 0 Å². The molecule has 2 heteroatoms. The molecule has 0 unspecified atom stereocenters. The molecule has 0 N–H and O–H groups in total. The van der Waals surface area contributed by atoms with E-state index in [0.717, 1.165) is 11.4 Å². The van der Waals surface area contributed by atoms with Gasteiger partial charge in [-0.05, 0) is 92.7 Å². The Morgan fingerprint density at radius 2 is 0.896 bits per heavy atom. The summed E-state index contributed by atoms with van der Waals surface area (Å²) in [6.07, 6.45) is 0. The lowest BCUT2D eigenvalue weighted by molar-refractivity contribution is 1.30. The first-order valence-electron chi connectivity index (χ1n) is 16.3. The largest absolute Gasteiger partial charge is 0.310 e. The van der Waals surface area contributed by atoms with Crippen LogP contribution in [0.1, 0.15) is 0 Å². The van der Waals surface area contributed by atoms with Crippen LogP contribution in [0.15, 0.2) is 188 Å². The lowest BCUT2D eigenvalue weighted by atomic mass is 9.95. The smallest absolute Gasteiger partial charge is 0.0554 e. The third kappa shape index (κ3) is 5.04. The number of nitrogens with zero attached hydrogens (tertiary/aromatic N) is 1. The maximum absolute atomic E-state index is 2.41. The summed E-state index contributed by atoms with van der Waals surface area (Å²) in [5.41, 5.74) is 10.7. The molecule has 48 heavy (non-hydrogen) atoms. The number of hydrogen-bond donors (Lipinski definition) is 0. The zero-order valence-corrected chi connectivity index (χ0v) is 27.1. The normalized spacial score (nSPS) is 11.3. The van der Waals surface area contributed by atoms with Gasteiger partial charge in [-0.2, -0.15) is 0 Å². The number of fused-ring (bicyclic) bond motifs is 4. The van der Waals surface area contributed by atoms with Crippen LogP contribution in [0.5, 0.6) is 0 Å². The standard InChI is InChI=1S/C46H31NS/c1-2-11-32(12-3-1)33-23-27-38(28-24-33)47(43-20-10-22-45-46(43)42-18-6-7-21-44(42)48-45)39-29-25-34(26-30-39)36-15-8-16-37(31-36)41-19-9-14-35-13-4-5-17-40(35)41/h1-31H. The average Bonchev–Trinajstić information content (AvgIpc) is 3.55. The highest BCUT2D eigenvalue weighted by molar-refractivity contribution is 7.26. The highest BCUT2D eigenvalue weighted by Gasteiger charge is 2.19. The third-order valence-corrected chi connectivity index (χ3v) is 10.4. The summed E-state index contributed by atoms with van der Waals surface area (Å²) in [4.78, 5) is 2.41. The molecule has 1 aromatic heterocycles. The summed E-state index contributed by atoms with van der Waals surface area (Å²) >= 11 is 1.86. The quantitative estimate of drug-likeness (QED) is 0.177. The highest BCUT2D eigenvalue weighted by Crippen LogP contribution is 2.45. The number of anilines is 3. The summed E-state index contributed by atoms with van der Waals surface area (Å²) in [6.45, 7) is 0. The van der Waals surface area contributed by atoms with Gasteiger partial charge in [0.15, 0.2) is 0 Å². The fourth-order valence-corrected chi connectivity index (χ4v) is 8.08. The fourth-order valence-electron chi connectivity index (χ4n) is 6.95. The second-order valence-electron chi connectivity index (χ2n) is 12.2. The van der Waals surface area contributed by atoms with Crippen molar-refractivity contribution in [3.63, 3.8) is 0 Å². The van der Waals surface area contributed by atoms with Crippen LogP contribution in [0, 0.1) is 0 Å². The van der Waals surface area contributed by atoms with Gasteiger partial charge in [-0.15, -0.1) is 11.3 Å². The summed E-state index contributed by atoms with van der Waals surface area (Å²) < 4.78 is 2.60. The third-order valence-electron chi connectivity index (χ3n) is 9.28. The van der Waals surface area contributed by atoms with Crippen molar-refractivity contribution >= 4 is 59.3 Å². The SMILES string of the molecule is c1ccc(-c2ccc(N(c3ccc(-c4cccc(-c5cccc6ccccc56)c4)cc3)c3cccc4sc5ccccc5c34)cc2)cc1. The van der Waals surface area contributed by atoms with Crippen LogP contribution < -0.4 is 4.90 Å². The summed E-state index contributed by atoms with van der Waals surface area (Å²) in [6, 6.07) is 68.1. The van der Waals surface area contributed by atoms with Gasteiger partial charge in [0.25, 0.3) is 0 Å². The molecule has 9 aromatic rings. The molecule has 226 valence electrons. The van der Waals surface area contributed by atoms with Gasteiger partial charge in [-0.3, -0.25) is 0 Å². The molecule has 0 saturated heterocycles. The van der Waals surface area contributed by atoms with Crippen LogP contribution in [0.3, 0.4) is 0 Å². The van der Waals surface area contributed by atoms with Crippen LogP contribution in [-0.4, -0.2) is 0 Å². The van der Waals surface area contributed by atoms with Crippen LogP contribution in [-0.2, 0) is 0 Å². The Kier molecular flexibility index (Phi) is 7.07. The Bertz CT molecular complexity index is 2540. The van der Waals surface area contributed by atoms with Crippen molar-refractivity contribution in [3.8, 4) is 33.4 Å². The molecule has 0 spiro atoms. The van der Waals surface area contributed by atoms with Gasteiger partial charge < -0.3 is 4.90 Å². The molecule has 1 nitrogen and oxygen atoms in total. The van der Waals surface area contributed by atoms with Crippen LogP contribution in [0.25, 0.3) is 64.3 Å². The number of benzene rings is 8. The highest BCUT2D eigenvalue weighted by atomic mass is 32.1. The molecule has 9 rings (SSSR count). The molecule has 8 aromatic carbocycles. The first kappa shape index (κ1) is 28.3. The molecular weight excluding hydrogens is 599 g/mol. The molecule has 0 fully saturated rings. The predicted molar refractivity (Wildman–Crippen MR) is 208 cm³/mol. The van der Waals surface area contributed by atoms with E-state index in [1.165, 1.54) is 70.0 Å². The Labute approximate surface area is 284 Å². The zero-order chi connectivity index (χ0) is 31.9. The fraction of sp³-hybridized carbons (Fsp3) is 0. The maximum Gasteiger partial charge on any atom is 0.0554 e. The van der Waals surface area contributed by atoms with Crippen molar-refractivity contribution in [2.24, 2.45) is 0 Å². The molecule has 0 bridgehead atoms. The van der Waals surface area contributed by atoms with Crippen LogP contribution in [0.4, 0.5) is 17.1 Å². The van der Waals surface area contributed by atoms with Crippen molar-refractivity contribution in [1.82, 2.24) is 0 Å².